The minimum Gasteiger partial charge on any atom is -0.423 e. The molecule has 2 heterocycles. The Morgan fingerprint density at radius 3 is 3.05 bits per heavy atom. The Labute approximate surface area is 132 Å². The Bertz CT molecular complexity index is 698. The summed E-state index contributed by atoms with van der Waals surface area (Å²) in [4.78, 5) is 14.1. The third-order valence-corrected chi connectivity index (χ3v) is 4.62. The van der Waals surface area contributed by atoms with Gasteiger partial charge in [-0.15, -0.1) is 0 Å². The number of likely N-dealkylation sites (tertiary alicyclic amines) is 1. The van der Waals surface area contributed by atoms with Crippen LogP contribution in [0.5, 0.6) is 0 Å². The summed E-state index contributed by atoms with van der Waals surface area (Å²) in [7, 11) is 0. The quantitative estimate of drug-likeness (QED) is 0.864. The van der Waals surface area contributed by atoms with E-state index in [1.165, 1.54) is 12.8 Å². The summed E-state index contributed by atoms with van der Waals surface area (Å²) in [5.41, 5.74) is 7.18. The van der Waals surface area contributed by atoms with Crippen molar-refractivity contribution in [1.29, 1.82) is 0 Å². The van der Waals surface area contributed by atoms with Gasteiger partial charge in [0, 0.05) is 29.0 Å². The van der Waals surface area contributed by atoms with Crippen molar-refractivity contribution in [3.63, 3.8) is 0 Å². The lowest BCUT2D eigenvalue weighted by atomic mass is 9.97. The SMILES string of the molecule is NCC1CCCN(Cc2cc(=O)oc3cc(Br)ccc23)C1. The van der Waals surface area contributed by atoms with Gasteiger partial charge in [0.05, 0.1) is 0 Å². The van der Waals surface area contributed by atoms with E-state index < -0.39 is 0 Å². The average molecular weight is 351 g/mol. The molecule has 1 saturated heterocycles. The summed E-state index contributed by atoms with van der Waals surface area (Å²) in [6, 6.07) is 7.44. The van der Waals surface area contributed by atoms with Crippen LogP contribution in [0.2, 0.25) is 0 Å². The third kappa shape index (κ3) is 3.36. The molecule has 1 aliphatic rings. The standard InChI is InChI=1S/C16H19BrN2O2/c17-13-3-4-14-12(6-16(20)21-15(14)7-13)10-19-5-1-2-11(8-18)9-19/h3-4,6-7,11H,1-2,5,8-10,18H2. The predicted octanol–water partition coefficient (Wildman–Crippen LogP) is 2.73. The van der Waals surface area contributed by atoms with Gasteiger partial charge in [0.2, 0.25) is 0 Å². The first-order chi connectivity index (χ1) is 10.2. The van der Waals surface area contributed by atoms with E-state index in [0.717, 1.165) is 41.6 Å². The fourth-order valence-electron chi connectivity index (χ4n) is 3.06. The Morgan fingerprint density at radius 1 is 1.38 bits per heavy atom. The Morgan fingerprint density at radius 2 is 2.24 bits per heavy atom. The minimum atomic E-state index is -0.289. The monoisotopic (exact) mass is 350 g/mol. The molecule has 1 unspecified atom stereocenters. The van der Waals surface area contributed by atoms with Crippen molar-refractivity contribution in [2.45, 2.75) is 19.4 Å². The summed E-state index contributed by atoms with van der Waals surface area (Å²) in [6.07, 6.45) is 2.38. The Kier molecular flexibility index (Phi) is 4.42. The van der Waals surface area contributed by atoms with Gasteiger partial charge in [-0.05, 0) is 55.6 Å². The molecule has 0 saturated carbocycles. The van der Waals surface area contributed by atoms with Crippen LogP contribution in [-0.4, -0.2) is 24.5 Å². The van der Waals surface area contributed by atoms with Crippen LogP contribution >= 0.6 is 15.9 Å². The number of rotatable bonds is 3. The number of nitrogens with zero attached hydrogens (tertiary/aromatic N) is 1. The highest BCUT2D eigenvalue weighted by Gasteiger charge is 2.19. The molecular formula is C16H19BrN2O2. The maximum Gasteiger partial charge on any atom is 0.336 e. The normalized spacial score (nSPS) is 20.0. The number of benzene rings is 1. The number of hydrogen-bond acceptors (Lipinski definition) is 4. The second kappa shape index (κ2) is 6.30. The summed E-state index contributed by atoms with van der Waals surface area (Å²) in [5, 5.41) is 1.01. The highest BCUT2D eigenvalue weighted by atomic mass is 79.9. The van der Waals surface area contributed by atoms with Crippen molar-refractivity contribution in [3.05, 3.63) is 44.7 Å². The second-order valence-electron chi connectivity index (χ2n) is 5.71. The van der Waals surface area contributed by atoms with Gasteiger partial charge >= 0.3 is 5.63 Å². The molecule has 0 spiro atoms. The first kappa shape index (κ1) is 14.8. The number of nitrogens with two attached hydrogens (primary N) is 1. The van der Waals surface area contributed by atoms with Gasteiger partial charge in [0.15, 0.2) is 0 Å². The molecule has 21 heavy (non-hydrogen) atoms. The molecule has 1 aromatic carbocycles. The lowest BCUT2D eigenvalue weighted by molar-refractivity contribution is 0.171. The van der Waals surface area contributed by atoms with Crippen LogP contribution in [0, 0.1) is 5.92 Å². The van der Waals surface area contributed by atoms with Gasteiger partial charge < -0.3 is 10.2 Å². The van der Waals surface area contributed by atoms with E-state index in [9.17, 15) is 4.79 Å². The zero-order valence-corrected chi connectivity index (χ0v) is 13.4. The largest absolute Gasteiger partial charge is 0.423 e. The van der Waals surface area contributed by atoms with Gasteiger partial charge in [0.1, 0.15) is 5.58 Å². The van der Waals surface area contributed by atoms with Crippen molar-refractivity contribution < 1.29 is 4.42 Å². The number of fused-ring (bicyclic) bond motifs is 1. The van der Waals surface area contributed by atoms with Crippen LogP contribution in [0.25, 0.3) is 11.0 Å². The van der Waals surface area contributed by atoms with E-state index in [2.05, 4.69) is 20.8 Å². The Hall–Kier alpha value is -1.17. The highest BCUT2D eigenvalue weighted by Crippen LogP contribution is 2.24. The Balaban J connectivity index is 1.91. The van der Waals surface area contributed by atoms with Crippen LogP contribution in [-0.2, 0) is 6.54 Å². The van der Waals surface area contributed by atoms with Crippen molar-refractivity contribution >= 4 is 26.9 Å². The summed E-state index contributed by atoms with van der Waals surface area (Å²) >= 11 is 3.41. The smallest absolute Gasteiger partial charge is 0.336 e. The lowest BCUT2D eigenvalue weighted by Gasteiger charge is -2.32. The van der Waals surface area contributed by atoms with Gasteiger partial charge in [0.25, 0.3) is 0 Å². The van der Waals surface area contributed by atoms with Crippen molar-refractivity contribution in [3.8, 4) is 0 Å². The summed E-state index contributed by atoms with van der Waals surface area (Å²) in [5.74, 6) is 0.569. The van der Waals surface area contributed by atoms with E-state index in [0.29, 0.717) is 11.5 Å². The second-order valence-corrected chi connectivity index (χ2v) is 6.63. The van der Waals surface area contributed by atoms with Gasteiger partial charge in [-0.3, -0.25) is 4.90 Å². The molecule has 2 aromatic rings. The van der Waals surface area contributed by atoms with Gasteiger partial charge in [-0.1, -0.05) is 15.9 Å². The molecule has 5 heteroatoms. The molecule has 0 radical (unpaired) electrons. The van der Waals surface area contributed by atoms with Crippen molar-refractivity contribution in [2.75, 3.05) is 19.6 Å². The average Bonchev–Trinajstić information content (AvgIpc) is 2.46. The minimum absolute atomic E-state index is 0.289. The fraction of sp³-hybridized carbons (Fsp3) is 0.438. The van der Waals surface area contributed by atoms with Crippen molar-refractivity contribution in [2.24, 2.45) is 11.7 Å². The first-order valence-electron chi connectivity index (χ1n) is 7.30. The van der Waals surface area contributed by atoms with E-state index >= 15 is 0 Å². The molecule has 2 N–H and O–H groups in total. The van der Waals surface area contributed by atoms with E-state index in [4.69, 9.17) is 10.2 Å². The van der Waals surface area contributed by atoms with Crippen LogP contribution in [0.15, 0.2) is 37.9 Å². The van der Waals surface area contributed by atoms with Crippen molar-refractivity contribution in [1.82, 2.24) is 4.90 Å². The molecule has 4 nitrogen and oxygen atoms in total. The molecule has 112 valence electrons. The third-order valence-electron chi connectivity index (χ3n) is 4.12. The molecule has 1 aromatic heterocycles. The zero-order chi connectivity index (χ0) is 14.8. The van der Waals surface area contributed by atoms with Crippen LogP contribution in [0.1, 0.15) is 18.4 Å². The first-order valence-corrected chi connectivity index (χ1v) is 8.09. The van der Waals surface area contributed by atoms with Gasteiger partial charge in [-0.25, -0.2) is 4.79 Å². The summed E-state index contributed by atoms with van der Waals surface area (Å²) in [6.45, 7) is 3.59. The predicted molar refractivity (Wildman–Crippen MR) is 87.2 cm³/mol. The molecule has 0 aliphatic carbocycles. The molecule has 1 fully saturated rings. The van der Waals surface area contributed by atoms with Gasteiger partial charge in [-0.2, -0.15) is 0 Å². The molecule has 0 bridgehead atoms. The van der Waals surface area contributed by atoms with Crippen LogP contribution in [0.4, 0.5) is 0 Å². The van der Waals surface area contributed by atoms with E-state index in [1.807, 2.05) is 18.2 Å². The topological polar surface area (TPSA) is 59.5 Å². The number of hydrogen-bond donors (Lipinski definition) is 1. The van der Waals surface area contributed by atoms with Crippen LogP contribution in [0.3, 0.4) is 0 Å². The summed E-state index contributed by atoms with van der Waals surface area (Å²) < 4.78 is 6.20. The highest BCUT2D eigenvalue weighted by molar-refractivity contribution is 9.10. The molecular weight excluding hydrogens is 332 g/mol. The number of halogens is 1. The molecule has 1 atom stereocenters. The van der Waals surface area contributed by atoms with Crippen LogP contribution < -0.4 is 11.4 Å². The van der Waals surface area contributed by atoms with E-state index in [-0.39, 0.29) is 5.63 Å². The zero-order valence-electron chi connectivity index (χ0n) is 11.8. The number of piperidine rings is 1. The maximum atomic E-state index is 11.8. The maximum absolute atomic E-state index is 11.8. The molecule has 1 aliphatic heterocycles. The fourth-order valence-corrected chi connectivity index (χ4v) is 3.40. The lowest BCUT2D eigenvalue weighted by Crippen LogP contribution is -2.38. The van der Waals surface area contributed by atoms with E-state index in [1.54, 1.807) is 6.07 Å². The molecule has 3 rings (SSSR count). The molecule has 0 amide bonds.